The van der Waals surface area contributed by atoms with Crippen LogP contribution in [0.5, 0.6) is 5.75 Å². The average molecular weight is 334 g/mol. The fourth-order valence-electron chi connectivity index (χ4n) is 2.23. The molecule has 6 heteroatoms. The van der Waals surface area contributed by atoms with Crippen LogP contribution in [0.3, 0.4) is 0 Å². The molecule has 1 heterocycles. The first-order chi connectivity index (χ1) is 11.1. The van der Waals surface area contributed by atoms with Gasteiger partial charge in [0.25, 0.3) is 5.91 Å². The number of hydrogen-bond acceptors (Lipinski definition) is 4. The minimum absolute atomic E-state index is 0.114. The monoisotopic (exact) mass is 333 g/mol. The lowest BCUT2D eigenvalue weighted by molar-refractivity contribution is 0.0750. The highest BCUT2D eigenvalue weighted by molar-refractivity contribution is 6.30. The molecule has 5 nitrogen and oxygen atoms in total. The van der Waals surface area contributed by atoms with Crippen LogP contribution in [0.25, 0.3) is 0 Å². The Balaban J connectivity index is 2.22. The standard InChI is InChI=1S/C17H20ClN3O2/c1-4-16-19-9-13(10-20-16)17(22)21(5-2)11-12-8-14(18)6-7-15(12)23-3/h6-10H,4-5,11H2,1-3H3. The zero-order valence-electron chi connectivity index (χ0n) is 13.5. The summed E-state index contributed by atoms with van der Waals surface area (Å²) in [5, 5.41) is 0.611. The van der Waals surface area contributed by atoms with Gasteiger partial charge in [0.2, 0.25) is 0 Å². The van der Waals surface area contributed by atoms with Crippen LogP contribution >= 0.6 is 11.6 Å². The molecule has 1 amide bonds. The summed E-state index contributed by atoms with van der Waals surface area (Å²) in [4.78, 5) is 22.7. The van der Waals surface area contributed by atoms with Crippen molar-refractivity contribution in [1.82, 2.24) is 14.9 Å². The quantitative estimate of drug-likeness (QED) is 0.813. The van der Waals surface area contributed by atoms with Crippen LogP contribution in [0, 0.1) is 0 Å². The molecule has 2 rings (SSSR count). The molecule has 0 N–H and O–H groups in total. The minimum atomic E-state index is -0.114. The first-order valence-corrected chi connectivity index (χ1v) is 7.89. The van der Waals surface area contributed by atoms with Gasteiger partial charge in [-0.05, 0) is 25.1 Å². The number of carbonyl (C=O) groups is 1. The molecule has 0 fully saturated rings. The fraction of sp³-hybridized carbons (Fsp3) is 0.353. The highest BCUT2D eigenvalue weighted by Gasteiger charge is 2.17. The van der Waals surface area contributed by atoms with E-state index in [0.717, 1.165) is 17.8 Å². The van der Waals surface area contributed by atoms with Crippen molar-refractivity contribution in [3.05, 3.63) is 52.6 Å². The van der Waals surface area contributed by atoms with Gasteiger partial charge < -0.3 is 9.64 Å². The molecule has 122 valence electrons. The lowest BCUT2D eigenvalue weighted by Crippen LogP contribution is -2.30. The Kier molecular flexibility index (Phi) is 5.93. The lowest BCUT2D eigenvalue weighted by Gasteiger charge is -2.22. The molecule has 2 aromatic rings. The molecule has 0 spiro atoms. The lowest BCUT2D eigenvalue weighted by atomic mass is 10.1. The maximum absolute atomic E-state index is 12.6. The number of ether oxygens (including phenoxy) is 1. The van der Waals surface area contributed by atoms with Crippen LogP contribution < -0.4 is 4.74 Å². The van der Waals surface area contributed by atoms with Crippen molar-refractivity contribution in [2.45, 2.75) is 26.8 Å². The second-order valence-electron chi connectivity index (χ2n) is 5.02. The zero-order chi connectivity index (χ0) is 16.8. The Labute approximate surface area is 141 Å². The molecular weight excluding hydrogens is 314 g/mol. The van der Waals surface area contributed by atoms with Gasteiger partial charge in [0.05, 0.1) is 12.7 Å². The summed E-state index contributed by atoms with van der Waals surface area (Å²) in [6.07, 6.45) is 3.89. The maximum Gasteiger partial charge on any atom is 0.257 e. The number of halogens is 1. The Bertz CT molecular complexity index is 674. The normalized spacial score (nSPS) is 10.4. The SMILES string of the molecule is CCc1ncc(C(=O)N(CC)Cc2cc(Cl)ccc2OC)cn1. The van der Waals surface area contributed by atoms with Crippen molar-refractivity contribution in [3.8, 4) is 5.75 Å². The summed E-state index contributed by atoms with van der Waals surface area (Å²) in [6.45, 7) is 4.87. The van der Waals surface area contributed by atoms with Gasteiger partial charge in [-0.3, -0.25) is 4.79 Å². The van der Waals surface area contributed by atoms with Crippen LogP contribution in [0.15, 0.2) is 30.6 Å². The zero-order valence-corrected chi connectivity index (χ0v) is 14.3. The van der Waals surface area contributed by atoms with Crippen molar-refractivity contribution < 1.29 is 9.53 Å². The number of benzene rings is 1. The molecular formula is C17H20ClN3O2. The van der Waals surface area contributed by atoms with E-state index in [1.54, 1.807) is 36.5 Å². The topological polar surface area (TPSA) is 55.3 Å². The van der Waals surface area contributed by atoms with Crippen molar-refractivity contribution >= 4 is 17.5 Å². The molecule has 0 atom stereocenters. The maximum atomic E-state index is 12.6. The van der Waals surface area contributed by atoms with Gasteiger partial charge in [0, 0.05) is 42.5 Å². The van der Waals surface area contributed by atoms with Crippen LogP contribution in [-0.2, 0) is 13.0 Å². The average Bonchev–Trinajstić information content (AvgIpc) is 2.59. The van der Waals surface area contributed by atoms with E-state index < -0.39 is 0 Å². The van der Waals surface area contributed by atoms with Crippen LogP contribution in [0.2, 0.25) is 5.02 Å². The summed E-state index contributed by atoms with van der Waals surface area (Å²) in [7, 11) is 1.60. The third-order valence-electron chi connectivity index (χ3n) is 3.54. The molecule has 1 aromatic heterocycles. The second-order valence-corrected chi connectivity index (χ2v) is 5.45. The number of amides is 1. The Morgan fingerprint density at radius 2 is 1.96 bits per heavy atom. The van der Waals surface area contributed by atoms with Gasteiger partial charge in [-0.1, -0.05) is 18.5 Å². The summed E-state index contributed by atoms with van der Waals surface area (Å²) < 4.78 is 5.34. The Morgan fingerprint density at radius 1 is 1.26 bits per heavy atom. The second kappa shape index (κ2) is 7.92. The van der Waals surface area contributed by atoms with Gasteiger partial charge in [-0.15, -0.1) is 0 Å². The van der Waals surface area contributed by atoms with E-state index in [1.807, 2.05) is 19.9 Å². The van der Waals surface area contributed by atoms with Crippen molar-refractivity contribution in [3.63, 3.8) is 0 Å². The predicted octanol–water partition coefficient (Wildman–Crippen LogP) is 3.36. The number of aryl methyl sites for hydroxylation is 1. The molecule has 0 saturated carbocycles. The summed E-state index contributed by atoms with van der Waals surface area (Å²) in [5.41, 5.74) is 1.34. The number of nitrogens with zero attached hydrogens (tertiary/aromatic N) is 3. The number of carbonyl (C=O) groups excluding carboxylic acids is 1. The third-order valence-corrected chi connectivity index (χ3v) is 3.78. The summed E-state index contributed by atoms with van der Waals surface area (Å²) in [5.74, 6) is 1.32. The minimum Gasteiger partial charge on any atom is -0.496 e. The van der Waals surface area contributed by atoms with E-state index in [1.165, 1.54) is 0 Å². The van der Waals surface area contributed by atoms with Crippen molar-refractivity contribution in [2.24, 2.45) is 0 Å². The van der Waals surface area contributed by atoms with Gasteiger partial charge in [-0.25, -0.2) is 9.97 Å². The number of hydrogen-bond donors (Lipinski definition) is 0. The Morgan fingerprint density at radius 3 is 2.52 bits per heavy atom. The van der Waals surface area contributed by atoms with Gasteiger partial charge in [0.15, 0.2) is 0 Å². The predicted molar refractivity (Wildman–Crippen MR) is 89.8 cm³/mol. The van der Waals surface area contributed by atoms with E-state index in [4.69, 9.17) is 16.3 Å². The highest BCUT2D eigenvalue weighted by Crippen LogP contribution is 2.24. The highest BCUT2D eigenvalue weighted by atomic mass is 35.5. The molecule has 0 aliphatic rings. The Hall–Kier alpha value is -2.14. The summed E-state index contributed by atoms with van der Waals surface area (Å²) in [6, 6.07) is 5.38. The van der Waals surface area contributed by atoms with Gasteiger partial charge >= 0.3 is 0 Å². The number of aromatic nitrogens is 2. The molecule has 0 unspecified atom stereocenters. The molecule has 0 aliphatic heterocycles. The molecule has 0 aliphatic carbocycles. The number of rotatable bonds is 6. The smallest absolute Gasteiger partial charge is 0.257 e. The van der Waals surface area contributed by atoms with Crippen LogP contribution in [-0.4, -0.2) is 34.4 Å². The molecule has 0 saturated heterocycles. The third kappa shape index (κ3) is 4.20. The number of methoxy groups -OCH3 is 1. The first-order valence-electron chi connectivity index (χ1n) is 7.51. The molecule has 0 bridgehead atoms. The van der Waals surface area contributed by atoms with Gasteiger partial charge in [0.1, 0.15) is 11.6 Å². The van der Waals surface area contributed by atoms with E-state index in [0.29, 0.717) is 29.4 Å². The van der Waals surface area contributed by atoms with E-state index >= 15 is 0 Å². The molecule has 0 radical (unpaired) electrons. The molecule has 1 aromatic carbocycles. The largest absolute Gasteiger partial charge is 0.496 e. The fourth-order valence-corrected chi connectivity index (χ4v) is 2.43. The first kappa shape index (κ1) is 17.2. The van der Waals surface area contributed by atoms with Gasteiger partial charge in [-0.2, -0.15) is 0 Å². The summed E-state index contributed by atoms with van der Waals surface area (Å²) >= 11 is 6.05. The van der Waals surface area contributed by atoms with Crippen LogP contribution in [0.1, 0.15) is 35.6 Å². The van der Waals surface area contributed by atoms with Crippen molar-refractivity contribution in [1.29, 1.82) is 0 Å². The van der Waals surface area contributed by atoms with Crippen LogP contribution in [0.4, 0.5) is 0 Å². The van der Waals surface area contributed by atoms with Crippen molar-refractivity contribution in [2.75, 3.05) is 13.7 Å². The van der Waals surface area contributed by atoms with E-state index in [9.17, 15) is 4.79 Å². The molecule has 23 heavy (non-hydrogen) atoms. The van der Waals surface area contributed by atoms with E-state index in [-0.39, 0.29) is 5.91 Å². The van der Waals surface area contributed by atoms with E-state index in [2.05, 4.69) is 9.97 Å².